The van der Waals surface area contributed by atoms with Crippen LogP contribution in [0.5, 0.6) is 11.5 Å². The number of thiophene rings is 1. The molecule has 29 heavy (non-hydrogen) atoms. The SMILES string of the molecule is O=C(CN1C(=O)N[C@@]2(CCCc3sccc32)C1=O)NCc1ccc2c(c1)OCO2. The number of benzene rings is 1. The van der Waals surface area contributed by atoms with Crippen molar-refractivity contribution in [1.29, 1.82) is 0 Å². The molecule has 0 radical (unpaired) electrons. The first-order chi connectivity index (χ1) is 14.1. The van der Waals surface area contributed by atoms with Crippen molar-refractivity contribution in [1.82, 2.24) is 15.5 Å². The fourth-order valence-electron chi connectivity index (χ4n) is 4.14. The van der Waals surface area contributed by atoms with Gasteiger partial charge in [-0.3, -0.25) is 14.5 Å². The lowest BCUT2D eigenvalue weighted by atomic mass is 9.80. The number of ether oxygens (including phenoxy) is 2. The Morgan fingerprint density at radius 3 is 3.00 bits per heavy atom. The number of amides is 4. The van der Waals surface area contributed by atoms with Crippen molar-refractivity contribution in [3.63, 3.8) is 0 Å². The van der Waals surface area contributed by atoms with Gasteiger partial charge in [0.1, 0.15) is 12.1 Å². The summed E-state index contributed by atoms with van der Waals surface area (Å²) in [6.45, 7) is 0.139. The molecule has 0 unspecified atom stereocenters. The maximum absolute atomic E-state index is 13.1. The quantitative estimate of drug-likeness (QED) is 0.746. The molecular formula is C20H19N3O5S. The molecule has 1 atom stereocenters. The molecule has 8 nitrogen and oxygen atoms in total. The van der Waals surface area contributed by atoms with E-state index in [0.717, 1.165) is 33.7 Å². The maximum Gasteiger partial charge on any atom is 0.325 e. The standard InChI is InChI=1S/C20H19N3O5S/c24-17(21-9-12-3-4-14-15(8-12)28-11-27-14)10-23-18(25)20(22-19(23)26)6-1-2-16-13(20)5-7-29-16/h3-5,7-8H,1-2,6,9-11H2,(H,21,24)(H,22,26)/t20-/m1/s1. The van der Waals surface area contributed by atoms with Crippen molar-refractivity contribution in [3.05, 3.63) is 45.6 Å². The molecule has 5 rings (SSSR count). The van der Waals surface area contributed by atoms with E-state index in [1.54, 1.807) is 23.5 Å². The van der Waals surface area contributed by atoms with Crippen LogP contribution in [0.15, 0.2) is 29.6 Å². The van der Waals surface area contributed by atoms with Gasteiger partial charge in [0, 0.05) is 17.0 Å². The van der Waals surface area contributed by atoms with Gasteiger partial charge in [-0.05, 0) is 48.4 Å². The topological polar surface area (TPSA) is 97.0 Å². The molecule has 1 aromatic heterocycles. The Bertz CT molecular complexity index is 1020. The van der Waals surface area contributed by atoms with Crippen LogP contribution in [0.25, 0.3) is 0 Å². The van der Waals surface area contributed by atoms with Crippen LogP contribution >= 0.6 is 11.3 Å². The van der Waals surface area contributed by atoms with E-state index in [1.165, 1.54) is 0 Å². The van der Waals surface area contributed by atoms with Crippen LogP contribution in [0.4, 0.5) is 4.79 Å². The van der Waals surface area contributed by atoms with Crippen molar-refractivity contribution in [3.8, 4) is 11.5 Å². The van der Waals surface area contributed by atoms with E-state index in [1.807, 2.05) is 17.5 Å². The van der Waals surface area contributed by atoms with Crippen LogP contribution < -0.4 is 20.1 Å². The van der Waals surface area contributed by atoms with Gasteiger partial charge in [0.25, 0.3) is 5.91 Å². The third kappa shape index (κ3) is 2.93. The number of aryl methyl sites for hydroxylation is 1. The van der Waals surface area contributed by atoms with E-state index in [0.29, 0.717) is 17.9 Å². The lowest BCUT2D eigenvalue weighted by Gasteiger charge is -2.31. The molecule has 2 aromatic rings. The lowest BCUT2D eigenvalue weighted by Crippen LogP contribution is -2.46. The van der Waals surface area contributed by atoms with Gasteiger partial charge in [-0.1, -0.05) is 6.07 Å². The van der Waals surface area contributed by atoms with Gasteiger partial charge in [-0.2, -0.15) is 0 Å². The van der Waals surface area contributed by atoms with Gasteiger partial charge in [0.05, 0.1) is 0 Å². The predicted octanol–water partition coefficient (Wildman–Crippen LogP) is 1.88. The summed E-state index contributed by atoms with van der Waals surface area (Å²) < 4.78 is 10.6. The molecule has 1 aromatic carbocycles. The third-order valence-electron chi connectivity index (χ3n) is 5.56. The molecule has 9 heteroatoms. The lowest BCUT2D eigenvalue weighted by molar-refractivity contribution is -0.135. The van der Waals surface area contributed by atoms with Crippen LogP contribution in [0, 0.1) is 0 Å². The summed E-state index contributed by atoms with van der Waals surface area (Å²) in [6.07, 6.45) is 2.29. The smallest absolute Gasteiger partial charge is 0.325 e. The molecule has 2 aliphatic heterocycles. The molecule has 1 spiro atoms. The molecule has 1 fully saturated rings. The van der Waals surface area contributed by atoms with Gasteiger partial charge < -0.3 is 20.1 Å². The first-order valence-electron chi connectivity index (χ1n) is 9.43. The van der Waals surface area contributed by atoms with Gasteiger partial charge in [-0.25, -0.2) is 4.79 Å². The van der Waals surface area contributed by atoms with E-state index in [-0.39, 0.29) is 25.8 Å². The fraction of sp³-hybridized carbons (Fsp3) is 0.350. The highest BCUT2D eigenvalue weighted by Crippen LogP contribution is 2.42. The zero-order valence-corrected chi connectivity index (χ0v) is 16.3. The van der Waals surface area contributed by atoms with E-state index in [4.69, 9.17) is 9.47 Å². The summed E-state index contributed by atoms with van der Waals surface area (Å²) in [5, 5.41) is 7.55. The Balaban J connectivity index is 1.26. The molecule has 4 amide bonds. The number of nitrogens with zero attached hydrogens (tertiary/aromatic N) is 1. The number of nitrogens with one attached hydrogen (secondary N) is 2. The van der Waals surface area contributed by atoms with Crippen LogP contribution in [-0.4, -0.2) is 36.1 Å². The number of hydrogen-bond donors (Lipinski definition) is 2. The Kier molecular flexibility index (Phi) is 4.20. The molecule has 0 saturated carbocycles. The van der Waals surface area contributed by atoms with Crippen molar-refractivity contribution >= 4 is 29.2 Å². The molecular weight excluding hydrogens is 394 g/mol. The van der Waals surface area contributed by atoms with Crippen LogP contribution in [0.1, 0.15) is 28.8 Å². The van der Waals surface area contributed by atoms with E-state index in [2.05, 4.69) is 10.6 Å². The maximum atomic E-state index is 13.1. The molecule has 1 saturated heterocycles. The zero-order chi connectivity index (χ0) is 20.0. The van der Waals surface area contributed by atoms with Crippen LogP contribution in [0.3, 0.4) is 0 Å². The second kappa shape index (κ2) is 6.77. The van der Waals surface area contributed by atoms with Crippen molar-refractivity contribution in [2.45, 2.75) is 31.3 Å². The Morgan fingerprint density at radius 1 is 1.24 bits per heavy atom. The van der Waals surface area contributed by atoms with Crippen molar-refractivity contribution in [2.75, 3.05) is 13.3 Å². The van der Waals surface area contributed by atoms with Gasteiger partial charge in [0.2, 0.25) is 12.7 Å². The summed E-state index contributed by atoms with van der Waals surface area (Å²) in [5.74, 6) is 0.561. The normalized spacial score (nSPS) is 22.0. The number of imide groups is 1. The van der Waals surface area contributed by atoms with Gasteiger partial charge in [0.15, 0.2) is 11.5 Å². The molecule has 150 valence electrons. The predicted molar refractivity (Wildman–Crippen MR) is 104 cm³/mol. The molecule has 3 aliphatic rings. The monoisotopic (exact) mass is 413 g/mol. The Hall–Kier alpha value is -3.07. The van der Waals surface area contributed by atoms with Gasteiger partial charge in [-0.15, -0.1) is 11.3 Å². The fourth-order valence-corrected chi connectivity index (χ4v) is 5.14. The number of urea groups is 1. The van der Waals surface area contributed by atoms with Crippen molar-refractivity contribution in [2.24, 2.45) is 0 Å². The Morgan fingerprint density at radius 2 is 2.10 bits per heavy atom. The zero-order valence-electron chi connectivity index (χ0n) is 15.5. The van der Waals surface area contributed by atoms with Crippen LogP contribution in [0.2, 0.25) is 0 Å². The summed E-state index contributed by atoms with van der Waals surface area (Å²) in [5.41, 5.74) is 0.685. The molecule has 1 aliphatic carbocycles. The summed E-state index contributed by atoms with van der Waals surface area (Å²) >= 11 is 1.60. The Labute approximate surface area is 170 Å². The summed E-state index contributed by atoms with van der Waals surface area (Å²) in [6, 6.07) is 6.79. The average molecular weight is 413 g/mol. The minimum Gasteiger partial charge on any atom is -0.454 e. The first-order valence-corrected chi connectivity index (χ1v) is 10.3. The number of rotatable bonds is 4. The summed E-state index contributed by atoms with van der Waals surface area (Å²) in [7, 11) is 0. The highest BCUT2D eigenvalue weighted by Gasteiger charge is 2.54. The third-order valence-corrected chi connectivity index (χ3v) is 6.55. The molecule has 2 N–H and O–H groups in total. The number of carbonyl (C=O) groups is 3. The number of fused-ring (bicyclic) bond motifs is 3. The van der Waals surface area contributed by atoms with E-state index in [9.17, 15) is 14.4 Å². The van der Waals surface area contributed by atoms with Gasteiger partial charge >= 0.3 is 6.03 Å². The van der Waals surface area contributed by atoms with Crippen molar-refractivity contribution < 1.29 is 23.9 Å². The molecule has 0 bridgehead atoms. The molecule has 3 heterocycles. The average Bonchev–Trinajstić information content (AvgIpc) is 3.43. The minimum atomic E-state index is -1.03. The minimum absolute atomic E-state index is 0.185. The highest BCUT2D eigenvalue weighted by atomic mass is 32.1. The number of hydrogen-bond acceptors (Lipinski definition) is 6. The first kappa shape index (κ1) is 18.0. The number of carbonyl (C=O) groups excluding carboxylic acids is 3. The van der Waals surface area contributed by atoms with E-state index < -0.39 is 17.5 Å². The largest absolute Gasteiger partial charge is 0.454 e. The summed E-state index contributed by atoms with van der Waals surface area (Å²) in [4.78, 5) is 40.2. The van der Waals surface area contributed by atoms with E-state index >= 15 is 0 Å². The second-order valence-electron chi connectivity index (χ2n) is 7.30. The second-order valence-corrected chi connectivity index (χ2v) is 8.30. The highest BCUT2D eigenvalue weighted by molar-refractivity contribution is 7.10. The van der Waals surface area contributed by atoms with Crippen LogP contribution in [-0.2, 0) is 28.1 Å².